The van der Waals surface area contributed by atoms with Gasteiger partial charge in [0.05, 0.1) is 0 Å². The maximum Gasteiger partial charge on any atom is 0.123 e. The van der Waals surface area contributed by atoms with E-state index >= 15 is 0 Å². The molecule has 1 rings (SSSR count). The summed E-state index contributed by atoms with van der Waals surface area (Å²) in [5, 5.41) is 0. The van der Waals surface area contributed by atoms with Gasteiger partial charge in [-0.2, -0.15) is 0 Å². The molecular weight excluding hydrogens is 151 g/mol. The Kier molecular flexibility index (Phi) is 3.27. The molecule has 1 aromatic rings. The van der Waals surface area contributed by atoms with E-state index in [0.717, 1.165) is 12.8 Å². The van der Waals surface area contributed by atoms with E-state index in [9.17, 15) is 4.39 Å². The van der Waals surface area contributed by atoms with E-state index in [2.05, 4.69) is 13.8 Å². The Balaban J connectivity index is 2.80. The van der Waals surface area contributed by atoms with Gasteiger partial charge in [0.15, 0.2) is 0 Å². The molecule has 0 spiro atoms. The lowest BCUT2D eigenvalue weighted by Crippen LogP contribution is -1.94. The van der Waals surface area contributed by atoms with Crippen molar-refractivity contribution in [3.8, 4) is 0 Å². The summed E-state index contributed by atoms with van der Waals surface area (Å²) >= 11 is 0. The molecule has 65 valence electrons. The van der Waals surface area contributed by atoms with Gasteiger partial charge in [-0.15, -0.1) is 0 Å². The summed E-state index contributed by atoms with van der Waals surface area (Å²) in [6, 6.07) is 6.70. The van der Waals surface area contributed by atoms with Crippen molar-refractivity contribution in [1.82, 2.24) is 0 Å². The van der Waals surface area contributed by atoms with Crippen LogP contribution in [-0.4, -0.2) is 0 Å². The molecule has 1 unspecified atom stereocenters. The third-order valence-corrected chi connectivity index (χ3v) is 2.18. The smallest absolute Gasteiger partial charge is 0.123 e. The zero-order valence-electron chi connectivity index (χ0n) is 7.39. The van der Waals surface area contributed by atoms with Crippen LogP contribution in [0.5, 0.6) is 0 Å². The predicted octanol–water partition coefficient (Wildman–Crippen LogP) is 3.54. The molecule has 0 saturated heterocycles. The molecule has 1 aromatic carbocycles. The van der Waals surface area contributed by atoms with E-state index in [0.29, 0.717) is 5.92 Å². The molecule has 0 bridgehead atoms. The fraction of sp³-hybridized carbons (Fsp3) is 0.364. The van der Waals surface area contributed by atoms with Crippen LogP contribution in [0.1, 0.15) is 31.2 Å². The number of benzene rings is 1. The quantitative estimate of drug-likeness (QED) is 0.642. The molecule has 0 aliphatic heterocycles. The van der Waals surface area contributed by atoms with E-state index in [1.54, 1.807) is 0 Å². The van der Waals surface area contributed by atoms with Gasteiger partial charge in [0.2, 0.25) is 0 Å². The first-order valence-corrected chi connectivity index (χ1v) is 4.32. The first-order chi connectivity index (χ1) is 5.77. The average molecular weight is 165 g/mol. The van der Waals surface area contributed by atoms with Crippen molar-refractivity contribution in [3.63, 3.8) is 0 Å². The summed E-state index contributed by atoms with van der Waals surface area (Å²) in [5.41, 5.74) is 1.19. The molecule has 1 radical (unpaired) electrons. The highest BCUT2D eigenvalue weighted by atomic mass is 19.1. The van der Waals surface area contributed by atoms with Crippen molar-refractivity contribution >= 4 is 0 Å². The van der Waals surface area contributed by atoms with Crippen molar-refractivity contribution in [1.29, 1.82) is 0 Å². The Hall–Kier alpha value is -0.850. The fourth-order valence-corrected chi connectivity index (χ4v) is 1.34. The summed E-state index contributed by atoms with van der Waals surface area (Å²) in [5.74, 6) is 0.309. The van der Waals surface area contributed by atoms with Crippen molar-refractivity contribution < 1.29 is 4.39 Å². The molecule has 0 saturated carbocycles. The molecule has 0 aliphatic carbocycles. The van der Waals surface area contributed by atoms with Crippen LogP contribution in [0.25, 0.3) is 0 Å². The summed E-state index contributed by atoms with van der Waals surface area (Å²) < 4.78 is 12.5. The Morgan fingerprint density at radius 1 is 1.33 bits per heavy atom. The predicted molar refractivity (Wildman–Crippen MR) is 49.4 cm³/mol. The second-order valence-electron chi connectivity index (χ2n) is 2.95. The summed E-state index contributed by atoms with van der Waals surface area (Å²) in [6.45, 7) is 5.99. The van der Waals surface area contributed by atoms with Gasteiger partial charge in [-0.25, -0.2) is 4.39 Å². The minimum absolute atomic E-state index is 0.169. The first-order valence-electron chi connectivity index (χ1n) is 4.32. The maximum atomic E-state index is 12.5. The zero-order chi connectivity index (χ0) is 8.97. The molecule has 1 heteroatoms. The molecule has 0 amide bonds. The van der Waals surface area contributed by atoms with Crippen molar-refractivity contribution in [2.24, 2.45) is 0 Å². The van der Waals surface area contributed by atoms with E-state index in [1.807, 2.05) is 12.1 Å². The van der Waals surface area contributed by atoms with Crippen LogP contribution in [0.3, 0.4) is 0 Å². The summed E-state index contributed by atoms with van der Waals surface area (Å²) in [7, 11) is 0. The van der Waals surface area contributed by atoms with Gasteiger partial charge < -0.3 is 0 Å². The topological polar surface area (TPSA) is 0 Å². The van der Waals surface area contributed by atoms with Crippen LogP contribution in [0, 0.1) is 12.7 Å². The van der Waals surface area contributed by atoms with Crippen molar-refractivity contribution in [2.75, 3.05) is 0 Å². The van der Waals surface area contributed by atoms with E-state index in [-0.39, 0.29) is 5.82 Å². The third kappa shape index (κ3) is 2.07. The van der Waals surface area contributed by atoms with Crippen LogP contribution in [0.15, 0.2) is 24.3 Å². The Morgan fingerprint density at radius 2 is 1.92 bits per heavy atom. The molecule has 0 aromatic heterocycles. The monoisotopic (exact) mass is 165 g/mol. The number of hydrogen-bond donors (Lipinski definition) is 0. The molecule has 0 aliphatic rings. The van der Waals surface area contributed by atoms with Crippen LogP contribution >= 0.6 is 0 Å². The van der Waals surface area contributed by atoms with E-state index in [4.69, 9.17) is 0 Å². The minimum Gasteiger partial charge on any atom is -0.207 e. The molecule has 0 heterocycles. The van der Waals surface area contributed by atoms with Crippen LogP contribution < -0.4 is 0 Å². The lowest BCUT2D eigenvalue weighted by molar-refractivity contribution is 0.621. The molecule has 0 nitrogen and oxygen atoms in total. The first kappa shape index (κ1) is 9.24. The summed E-state index contributed by atoms with van der Waals surface area (Å²) in [6.07, 6.45) is 1.94. The zero-order valence-corrected chi connectivity index (χ0v) is 7.39. The maximum absolute atomic E-state index is 12.5. The average Bonchev–Trinajstić information content (AvgIpc) is 2.10. The molecule has 0 N–H and O–H groups in total. The SMILES string of the molecule is [CH2]CC(CC)c1ccc(F)cc1. The third-order valence-electron chi connectivity index (χ3n) is 2.18. The second kappa shape index (κ2) is 4.24. The van der Waals surface area contributed by atoms with Gasteiger partial charge in [-0.05, 0) is 36.5 Å². The highest BCUT2D eigenvalue weighted by Gasteiger charge is 2.05. The lowest BCUT2D eigenvalue weighted by Gasteiger charge is -2.11. The second-order valence-corrected chi connectivity index (χ2v) is 2.95. The molecular formula is C11H14F. The van der Waals surface area contributed by atoms with Crippen molar-refractivity contribution in [2.45, 2.75) is 25.7 Å². The number of rotatable bonds is 3. The van der Waals surface area contributed by atoms with E-state index < -0.39 is 0 Å². The lowest BCUT2D eigenvalue weighted by atomic mass is 9.94. The normalized spacial score (nSPS) is 10.7. The van der Waals surface area contributed by atoms with Gasteiger partial charge in [-0.1, -0.05) is 26.0 Å². The van der Waals surface area contributed by atoms with Gasteiger partial charge >= 0.3 is 0 Å². The summed E-state index contributed by atoms with van der Waals surface area (Å²) in [4.78, 5) is 0. The van der Waals surface area contributed by atoms with Crippen molar-refractivity contribution in [3.05, 3.63) is 42.6 Å². The largest absolute Gasteiger partial charge is 0.207 e. The highest BCUT2D eigenvalue weighted by Crippen LogP contribution is 2.22. The molecule has 0 fully saturated rings. The Bertz CT molecular complexity index is 221. The van der Waals surface area contributed by atoms with Gasteiger partial charge in [0.25, 0.3) is 0 Å². The molecule has 1 atom stereocenters. The minimum atomic E-state index is -0.169. The van der Waals surface area contributed by atoms with Gasteiger partial charge in [0, 0.05) is 0 Å². The van der Waals surface area contributed by atoms with Crippen LogP contribution in [0.4, 0.5) is 4.39 Å². The standard InChI is InChI=1S/C11H14F/c1-3-9(4-2)10-5-7-11(12)8-6-10/h5-9H,1,3-4H2,2H3. The highest BCUT2D eigenvalue weighted by molar-refractivity contribution is 5.20. The fourth-order valence-electron chi connectivity index (χ4n) is 1.34. The van der Waals surface area contributed by atoms with Crippen LogP contribution in [-0.2, 0) is 0 Å². The Labute approximate surface area is 73.4 Å². The number of halogens is 1. The van der Waals surface area contributed by atoms with Crippen LogP contribution in [0.2, 0.25) is 0 Å². The van der Waals surface area contributed by atoms with Gasteiger partial charge in [-0.3, -0.25) is 0 Å². The molecule has 12 heavy (non-hydrogen) atoms. The van der Waals surface area contributed by atoms with E-state index in [1.165, 1.54) is 17.7 Å². The van der Waals surface area contributed by atoms with Gasteiger partial charge in [0.1, 0.15) is 5.82 Å². The Morgan fingerprint density at radius 3 is 2.33 bits per heavy atom. The number of hydrogen-bond acceptors (Lipinski definition) is 0.